The average Bonchev–Trinajstić information content (AvgIpc) is 3.33. The Kier molecular flexibility index (Phi) is 4.27. The van der Waals surface area contributed by atoms with Crippen LogP contribution < -0.4 is 5.32 Å². The highest BCUT2D eigenvalue weighted by Crippen LogP contribution is 2.21. The fourth-order valence-corrected chi connectivity index (χ4v) is 4.08. The number of nitrogens with one attached hydrogen (secondary N) is 1. The molecule has 4 aromatic heterocycles. The van der Waals surface area contributed by atoms with Crippen molar-refractivity contribution in [2.75, 3.05) is 11.9 Å². The molecule has 0 fully saturated rings. The molecule has 0 aliphatic rings. The van der Waals surface area contributed by atoms with Gasteiger partial charge in [-0.25, -0.2) is 0 Å². The van der Waals surface area contributed by atoms with Crippen molar-refractivity contribution in [3.8, 4) is 11.4 Å². The summed E-state index contributed by atoms with van der Waals surface area (Å²) in [5.74, 6) is 2.16. The quantitative estimate of drug-likeness (QED) is 0.563. The van der Waals surface area contributed by atoms with Gasteiger partial charge < -0.3 is 5.32 Å². The maximum Gasteiger partial charge on any atom is 0.186 e. The minimum atomic E-state index is 0.540. The molecule has 0 bridgehead atoms. The third-order valence-electron chi connectivity index (χ3n) is 3.80. The minimum absolute atomic E-state index is 0.540. The second-order valence-electron chi connectivity index (χ2n) is 5.79. The third kappa shape index (κ3) is 3.18. The van der Waals surface area contributed by atoms with E-state index >= 15 is 0 Å². The Morgan fingerprint density at radius 2 is 2.12 bits per heavy atom. The summed E-state index contributed by atoms with van der Waals surface area (Å²) in [6, 6.07) is 10.2. The van der Waals surface area contributed by atoms with Gasteiger partial charge in [-0.3, -0.25) is 0 Å². The number of thiophene rings is 2. The second kappa shape index (κ2) is 6.70. The summed E-state index contributed by atoms with van der Waals surface area (Å²) in [4.78, 5) is 1.42. The zero-order valence-electron chi connectivity index (χ0n) is 13.2. The van der Waals surface area contributed by atoms with Crippen LogP contribution in [0.15, 0.2) is 46.5 Å². The van der Waals surface area contributed by atoms with Gasteiger partial charge >= 0.3 is 0 Å². The Bertz CT molecular complexity index is 912. The molecule has 0 aliphatic heterocycles. The smallest absolute Gasteiger partial charge is 0.186 e. The van der Waals surface area contributed by atoms with Crippen molar-refractivity contribution >= 4 is 34.1 Å². The Morgan fingerprint density at radius 3 is 2.92 bits per heavy atom. The molecule has 122 valence electrons. The molecule has 4 rings (SSSR count). The van der Waals surface area contributed by atoms with Crippen LogP contribution in [0.1, 0.15) is 11.8 Å². The highest BCUT2D eigenvalue weighted by Gasteiger charge is 2.11. The molecule has 1 atom stereocenters. The van der Waals surface area contributed by atoms with E-state index in [-0.39, 0.29) is 0 Å². The van der Waals surface area contributed by atoms with Crippen LogP contribution in [0.4, 0.5) is 5.82 Å². The van der Waals surface area contributed by atoms with E-state index in [4.69, 9.17) is 0 Å². The van der Waals surface area contributed by atoms with Crippen LogP contribution >= 0.6 is 22.7 Å². The number of aromatic nitrogens is 4. The first kappa shape index (κ1) is 15.3. The van der Waals surface area contributed by atoms with Gasteiger partial charge in [0.1, 0.15) is 5.82 Å². The molecule has 4 heterocycles. The first-order valence-electron chi connectivity index (χ1n) is 7.81. The lowest BCUT2D eigenvalue weighted by Gasteiger charge is -2.12. The predicted molar refractivity (Wildman–Crippen MR) is 99.8 cm³/mol. The molecule has 4 aromatic rings. The van der Waals surface area contributed by atoms with Crippen LogP contribution in [0, 0.1) is 5.92 Å². The summed E-state index contributed by atoms with van der Waals surface area (Å²) >= 11 is 3.46. The third-order valence-corrected chi connectivity index (χ3v) is 5.39. The van der Waals surface area contributed by atoms with Crippen LogP contribution in [0.3, 0.4) is 0 Å². The molecule has 1 N–H and O–H groups in total. The Morgan fingerprint density at radius 1 is 1.17 bits per heavy atom. The topological polar surface area (TPSA) is 55.1 Å². The number of rotatable bonds is 6. The van der Waals surface area contributed by atoms with E-state index in [0.29, 0.717) is 5.92 Å². The van der Waals surface area contributed by atoms with E-state index < -0.39 is 0 Å². The molecule has 24 heavy (non-hydrogen) atoms. The van der Waals surface area contributed by atoms with Crippen molar-refractivity contribution in [2.24, 2.45) is 5.92 Å². The summed E-state index contributed by atoms with van der Waals surface area (Å²) in [5.41, 5.74) is 1.80. The summed E-state index contributed by atoms with van der Waals surface area (Å²) in [5, 5.41) is 22.7. The van der Waals surface area contributed by atoms with Gasteiger partial charge in [0.05, 0.1) is 0 Å². The van der Waals surface area contributed by atoms with Gasteiger partial charge in [0, 0.05) is 22.4 Å². The van der Waals surface area contributed by atoms with E-state index in [1.54, 1.807) is 15.9 Å². The van der Waals surface area contributed by atoms with Crippen LogP contribution in [-0.4, -0.2) is 26.4 Å². The van der Waals surface area contributed by atoms with Gasteiger partial charge in [-0.15, -0.1) is 26.6 Å². The second-order valence-corrected chi connectivity index (χ2v) is 7.61. The molecular formula is C17H17N5S2. The Labute approximate surface area is 148 Å². The molecule has 0 spiro atoms. The normalized spacial score (nSPS) is 12.5. The maximum absolute atomic E-state index is 4.65. The summed E-state index contributed by atoms with van der Waals surface area (Å²) in [6.45, 7) is 3.13. The number of hydrogen-bond donors (Lipinski definition) is 1. The van der Waals surface area contributed by atoms with Crippen molar-refractivity contribution < 1.29 is 0 Å². The van der Waals surface area contributed by atoms with Crippen molar-refractivity contribution in [1.29, 1.82) is 0 Å². The molecule has 0 saturated heterocycles. The van der Waals surface area contributed by atoms with Gasteiger partial charge in [0.2, 0.25) is 0 Å². The van der Waals surface area contributed by atoms with Gasteiger partial charge in [-0.2, -0.15) is 15.9 Å². The van der Waals surface area contributed by atoms with Crippen LogP contribution in [0.25, 0.3) is 17.0 Å². The fraction of sp³-hybridized carbons (Fsp3) is 0.235. The monoisotopic (exact) mass is 355 g/mol. The zero-order chi connectivity index (χ0) is 16.4. The number of hydrogen-bond acceptors (Lipinski definition) is 6. The lowest BCUT2D eigenvalue weighted by atomic mass is 10.1. The maximum atomic E-state index is 4.65. The van der Waals surface area contributed by atoms with Gasteiger partial charge in [0.25, 0.3) is 0 Å². The van der Waals surface area contributed by atoms with E-state index in [1.165, 1.54) is 4.88 Å². The van der Waals surface area contributed by atoms with Crippen LogP contribution in [0.5, 0.6) is 0 Å². The van der Waals surface area contributed by atoms with Crippen molar-refractivity contribution in [2.45, 2.75) is 13.3 Å². The molecule has 0 amide bonds. The first-order valence-corrected chi connectivity index (χ1v) is 9.63. The summed E-state index contributed by atoms with van der Waals surface area (Å²) < 4.78 is 1.80. The van der Waals surface area contributed by atoms with Gasteiger partial charge in [0.15, 0.2) is 11.5 Å². The van der Waals surface area contributed by atoms with E-state index in [2.05, 4.69) is 50.4 Å². The predicted octanol–water partition coefficient (Wildman–Crippen LogP) is 4.21. The minimum Gasteiger partial charge on any atom is -0.368 e. The molecule has 0 aliphatic carbocycles. The SMILES string of the molecule is CC(CNc1ccc2nnc(-c3ccsc3)n2n1)Cc1cccs1. The molecule has 7 heteroatoms. The van der Waals surface area contributed by atoms with Crippen LogP contribution in [-0.2, 0) is 6.42 Å². The van der Waals surface area contributed by atoms with E-state index in [0.717, 1.165) is 35.8 Å². The Balaban J connectivity index is 1.49. The van der Waals surface area contributed by atoms with E-state index in [1.807, 2.05) is 34.9 Å². The van der Waals surface area contributed by atoms with Crippen LogP contribution in [0.2, 0.25) is 0 Å². The van der Waals surface area contributed by atoms with E-state index in [9.17, 15) is 0 Å². The fourth-order valence-electron chi connectivity index (χ4n) is 2.58. The first-order chi connectivity index (χ1) is 11.8. The lowest BCUT2D eigenvalue weighted by Crippen LogP contribution is -2.14. The molecule has 0 aromatic carbocycles. The number of fused-ring (bicyclic) bond motifs is 1. The highest BCUT2D eigenvalue weighted by atomic mass is 32.1. The Hall–Kier alpha value is -2.25. The molecule has 0 radical (unpaired) electrons. The molecule has 0 saturated carbocycles. The zero-order valence-corrected chi connectivity index (χ0v) is 14.8. The molecule has 5 nitrogen and oxygen atoms in total. The van der Waals surface area contributed by atoms with Crippen molar-refractivity contribution in [3.05, 3.63) is 51.3 Å². The van der Waals surface area contributed by atoms with Crippen molar-refractivity contribution in [3.63, 3.8) is 0 Å². The highest BCUT2D eigenvalue weighted by molar-refractivity contribution is 7.09. The average molecular weight is 355 g/mol. The van der Waals surface area contributed by atoms with Gasteiger partial charge in [-0.1, -0.05) is 13.0 Å². The number of anilines is 1. The van der Waals surface area contributed by atoms with Crippen molar-refractivity contribution in [1.82, 2.24) is 19.8 Å². The largest absolute Gasteiger partial charge is 0.368 e. The summed E-state index contributed by atoms with van der Waals surface area (Å²) in [7, 11) is 0. The molecular weight excluding hydrogens is 338 g/mol. The standard InChI is InChI=1S/C17H17N5S2/c1-12(9-14-3-2-7-24-14)10-18-15-4-5-16-19-20-17(22(16)21-15)13-6-8-23-11-13/h2-8,11-12H,9-10H2,1H3,(H,18,21). The molecule has 1 unspecified atom stereocenters. The lowest BCUT2D eigenvalue weighted by molar-refractivity contribution is 0.615. The van der Waals surface area contributed by atoms with Gasteiger partial charge in [-0.05, 0) is 47.4 Å². The summed E-state index contributed by atoms with van der Waals surface area (Å²) in [6.07, 6.45) is 1.08. The number of nitrogens with zero attached hydrogens (tertiary/aromatic N) is 4.